The minimum absolute atomic E-state index is 0.0974. The van der Waals surface area contributed by atoms with E-state index in [0.29, 0.717) is 17.9 Å². The van der Waals surface area contributed by atoms with Crippen molar-refractivity contribution in [2.45, 2.75) is 25.3 Å². The van der Waals surface area contributed by atoms with Gasteiger partial charge in [0.2, 0.25) is 10.0 Å². The van der Waals surface area contributed by atoms with Crippen LogP contribution in [0.5, 0.6) is 5.75 Å². The maximum atomic E-state index is 12.8. The van der Waals surface area contributed by atoms with E-state index in [1.165, 1.54) is 19.2 Å². The zero-order chi connectivity index (χ0) is 18.6. The van der Waals surface area contributed by atoms with Crippen LogP contribution in [0.25, 0.3) is 0 Å². The van der Waals surface area contributed by atoms with Gasteiger partial charge < -0.3 is 4.74 Å². The van der Waals surface area contributed by atoms with E-state index >= 15 is 0 Å². The summed E-state index contributed by atoms with van der Waals surface area (Å²) in [5, 5.41) is 11.1. The summed E-state index contributed by atoms with van der Waals surface area (Å²) in [7, 11) is -2.43. The highest BCUT2D eigenvalue weighted by Gasteiger charge is 2.25. The van der Waals surface area contributed by atoms with Gasteiger partial charge in [-0.3, -0.25) is 10.1 Å². The van der Waals surface area contributed by atoms with Gasteiger partial charge in [-0.05, 0) is 26.0 Å². The second-order valence-electron chi connectivity index (χ2n) is 5.51. The maximum Gasteiger partial charge on any atom is 0.273 e. The molecule has 0 amide bonds. The van der Waals surface area contributed by atoms with Crippen molar-refractivity contribution in [1.29, 1.82) is 0 Å². The zero-order valence-electron chi connectivity index (χ0n) is 14.3. The van der Waals surface area contributed by atoms with Crippen molar-refractivity contribution >= 4 is 15.7 Å². The van der Waals surface area contributed by atoms with E-state index in [-0.39, 0.29) is 17.1 Å². The molecule has 2 rings (SSSR count). The largest absolute Gasteiger partial charge is 0.494 e. The van der Waals surface area contributed by atoms with Gasteiger partial charge in [0, 0.05) is 30.8 Å². The first-order valence-corrected chi connectivity index (χ1v) is 9.13. The number of benzene rings is 2. The van der Waals surface area contributed by atoms with Crippen molar-refractivity contribution in [2.75, 3.05) is 13.7 Å². The third-order valence-electron chi connectivity index (χ3n) is 3.75. The molecule has 0 saturated carbocycles. The highest BCUT2D eigenvalue weighted by Crippen LogP contribution is 2.26. The van der Waals surface area contributed by atoms with E-state index in [0.717, 1.165) is 15.9 Å². The fourth-order valence-corrected chi connectivity index (χ4v) is 3.55. The molecule has 0 heterocycles. The molecule has 0 aromatic heterocycles. The molecule has 0 aliphatic heterocycles. The van der Waals surface area contributed by atoms with Crippen molar-refractivity contribution in [3.8, 4) is 5.75 Å². The first-order valence-electron chi connectivity index (χ1n) is 7.69. The van der Waals surface area contributed by atoms with Crippen LogP contribution in [0.4, 0.5) is 5.69 Å². The summed E-state index contributed by atoms with van der Waals surface area (Å²) in [6.07, 6.45) is 0. The van der Waals surface area contributed by atoms with Crippen molar-refractivity contribution in [3.63, 3.8) is 0 Å². The molecule has 0 aliphatic carbocycles. The van der Waals surface area contributed by atoms with Crippen LogP contribution >= 0.6 is 0 Å². The van der Waals surface area contributed by atoms with E-state index in [9.17, 15) is 18.5 Å². The highest BCUT2D eigenvalue weighted by atomic mass is 32.2. The van der Waals surface area contributed by atoms with Gasteiger partial charge in [0.05, 0.1) is 16.4 Å². The van der Waals surface area contributed by atoms with Gasteiger partial charge in [0.25, 0.3) is 5.69 Å². The Morgan fingerprint density at radius 3 is 2.52 bits per heavy atom. The Morgan fingerprint density at radius 1 is 1.20 bits per heavy atom. The fourth-order valence-electron chi connectivity index (χ4n) is 2.38. The summed E-state index contributed by atoms with van der Waals surface area (Å²) in [5.74, 6) is 0.613. The third kappa shape index (κ3) is 4.15. The van der Waals surface area contributed by atoms with Gasteiger partial charge in [-0.2, -0.15) is 4.31 Å². The van der Waals surface area contributed by atoms with Gasteiger partial charge in [0.15, 0.2) is 0 Å². The molecule has 0 fully saturated rings. The first-order chi connectivity index (χ1) is 11.8. The number of para-hydroxylation sites is 1. The zero-order valence-corrected chi connectivity index (χ0v) is 15.1. The number of nitrogens with zero attached hydrogens (tertiary/aromatic N) is 2. The van der Waals surface area contributed by atoms with Crippen LogP contribution in [-0.2, 0) is 16.6 Å². The van der Waals surface area contributed by atoms with Crippen molar-refractivity contribution in [2.24, 2.45) is 0 Å². The minimum atomic E-state index is -3.87. The lowest BCUT2D eigenvalue weighted by molar-refractivity contribution is -0.385. The van der Waals surface area contributed by atoms with E-state index in [1.807, 2.05) is 13.0 Å². The predicted molar refractivity (Wildman–Crippen MR) is 94.1 cm³/mol. The number of sulfonamides is 1. The minimum Gasteiger partial charge on any atom is -0.494 e. The molecule has 0 N–H and O–H groups in total. The predicted octanol–water partition coefficient (Wildman–Crippen LogP) is 3.12. The molecule has 2 aromatic carbocycles. The molecule has 8 heteroatoms. The van der Waals surface area contributed by atoms with Crippen LogP contribution in [0.3, 0.4) is 0 Å². The normalized spacial score (nSPS) is 11.5. The Labute approximate surface area is 147 Å². The molecule has 0 spiro atoms. The number of aryl methyl sites for hydroxylation is 1. The molecule has 0 bridgehead atoms. The summed E-state index contributed by atoms with van der Waals surface area (Å²) in [4.78, 5) is 10.4. The molecular formula is C17H20N2O5S. The van der Waals surface area contributed by atoms with Crippen LogP contribution in [0.1, 0.15) is 18.1 Å². The summed E-state index contributed by atoms with van der Waals surface area (Å²) in [6, 6.07) is 11.1. The Kier molecular flexibility index (Phi) is 5.76. The van der Waals surface area contributed by atoms with Crippen LogP contribution in [0.2, 0.25) is 0 Å². The molecule has 0 unspecified atom stereocenters. The van der Waals surface area contributed by atoms with Gasteiger partial charge >= 0.3 is 0 Å². The molecule has 7 nitrogen and oxygen atoms in total. The summed E-state index contributed by atoms with van der Waals surface area (Å²) in [5.41, 5.74) is 0.912. The molecule has 0 atom stereocenters. The summed E-state index contributed by atoms with van der Waals surface area (Å²) >= 11 is 0. The topological polar surface area (TPSA) is 89.8 Å². The number of rotatable bonds is 7. The maximum absolute atomic E-state index is 12.8. The molecule has 2 aromatic rings. The quantitative estimate of drug-likeness (QED) is 0.556. The second-order valence-corrected chi connectivity index (χ2v) is 7.55. The van der Waals surface area contributed by atoms with Crippen molar-refractivity contribution in [3.05, 3.63) is 63.7 Å². The third-order valence-corrected chi connectivity index (χ3v) is 5.55. The number of ether oxygens (including phenoxy) is 1. The smallest absolute Gasteiger partial charge is 0.273 e. The number of hydrogen-bond donors (Lipinski definition) is 0. The SMILES string of the molecule is CCOc1ccccc1CN(C)S(=O)(=O)c1ccc(C)c([N+](=O)[O-])c1. The van der Waals surface area contributed by atoms with Gasteiger partial charge in [-0.25, -0.2) is 8.42 Å². The van der Waals surface area contributed by atoms with E-state index < -0.39 is 14.9 Å². The average Bonchev–Trinajstić information content (AvgIpc) is 2.56. The van der Waals surface area contributed by atoms with Crippen molar-refractivity contribution in [1.82, 2.24) is 4.31 Å². The molecule has 25 heavy (non-hydrogen) atoms. The Morgan fingerprint density at radius 2 is 1.88 bits per heavy atom. The lowest BCUT2D eigenvalue weighted by atomic mass is 10.2. The monoisotopic (exact) mass is 364 g/mol. The number of nitro groups is 1. The standard InChI is InChI=1S/C17H20N2O5S/c1-4-24-17-8-6-5-7-14(17)12-18(3)25(22,23)15-10-9-13(2)16(11-15)19(20)21/h5-11H,4,12H2,1-3H3. The number of hydrogen-bond acceptors (Lipinski definition) is 5. The highest BCUT2D eigenvalue weighted by molar-refractivity contribution is 7.89. The van der Waals surface area contributed by atoms with Gasteiger partial charge in [-0.15, -0.1) is 0 Å². The van der Waals surface area contributed by atoms with E-state index in [2.05, 4.69) is 0 Å². The van der Waals surface area contributed by atoms with Gasteiger partial charge in [-0.1, -0.05) is 24.3 Å². The van der Waals surface area contributed by atoms with E-state index in [4.69, 9.17) is 4.74 Å². The van der Waals surface area contributed by atoms with Crippen molar-refractivity contribution < 1.29 is 18.1 Å². The lowest BCUT2D eigenvalue weighted by Crippen LogP contribution is -2.26. The summed E-state index contributed by atoms with van der Waals surface area (Å²) < 4.78 is 32.2. The van der Waals surface area contributed by atoms with Crippen LogP contribution in [0.15, 0.2) is 47.4 Å². The Balaban J connectivity index is 2.34. The molecule has 0 aliphatic rings. The lowest BCUT2D eigenvalue weighted by Gasteiger charge is -2.19. The fraction of sp³-hybridized carbons (Fsp3) is 0.294. The van der Waals surface area contributed by atoms with Crippen LogP contribution in [0, 0.1) is 17.0 Å². The molecular weight excluding hydrogens is 344 g/mol. The summed E-state index contributed by atoms with van der Waals surface area (Å²) in [6.45, 7) is 3.98. The molecule has 134 valence electrons. The average molecular weight is 364 g/mol. The van der Waals surface area contributed by atoms with Crippen LogP contribution in [-0.4, -0.2) is 31.3 Å². The Bertz CT molecular complexity index is 880. The molecule has 0 radical (unpaired) electrons. The van der Waals surface area contributed by atoms with E-state index in [1.54, 1.807) is 25.1 Å². The first kappa shape index (κ1) is 18.9. The number of nitro benzene ring substituents is 1. The van der Waals surface area contributed by atoms with Gasteiger partial charge in [0.1, 0.15) is 5.75 Å². The Hall–Kier alpha value is -2.45. The second kappa shape index (κ2) is 7.62. The van der Waals surface area contributed by atoms with Crippen LogP contribution < -0.4 is 4.74 Å². The molecule has 0 saturated heterocycles.